The maximum Gasteiger partial charge on any atom is 0.269 e. The molecule has 1 aromatic heterocycles. The summed E-state index contributed by atoms with van der Waals surface area (Å²) in [6.45, 7) is 3.84. The fraction of sp³-hybridized carbons (Fsp3) is 0.250. The standard InChI is InChI=1S/C16H16N2O4/c1-3-11(2)17-15(9-6-13(10-19)16(17)20)12-4-7-14(8-5-12)18(21)22/h4-11H,3H2,1-2H3. The highest BCUT2D eigenvalue weighted by Gasteiger charge is 2.15. The zero-order valence-corrected chi connectivity index (χ0v) is 12.4. The molecule has 1 atom stereocenters. The molecule has 22 heavy (non-hydrogen) atoms. The maximum absolute atomic E-state index is 12.4. The zero-order valence-electron chi connectivity index (χ0n) is 12.4. The van der Waals surface area contributed by atoms with Gasteiger partial charge in [-0.1, -0.05) is 6.92 Å². The lowest BCUT2D eigenvalue weighted by atomic mass is 10.1. The molecule has 6 heteroatoms. The average Bonchev–Trinajstić information content (AvgIpc) is 2.53. The van der Waals surface area contributed by atoms with Gasteiger partial charge in [-0.15, -0.1) is 0 Å². The highest BCUT2D eigenvalue weighted by atomic mass is 16.6. The number of rotatable bonds is 5. The number of non-ortho nitro benzene ring substituents is 1. The van der Waals surface area contributed by atoms with Crippen molar-refractivity contribution in [3.8, 4) is 11.3 Å². The fourth-order valence-electron chi connectivity index (χ4n) is 2.27. The lowest BCUT2D eigenvalue weighted by molar-refractivity contribution is -0.384. The summed E-state index contributed by atoms with van der Waals surface area (Å²) < 4.78 is 1.56. The second-order valence-corrected chi connectivity index (χ2v) is 5.03. The first-order chi connectivity index (χ1) is 10.5. The van der Waals surface area contributed by atoms with Gasteiger partial charge in [0, 0.05) is 18.2 Å². The minimum atomic E-state index is -0.471. The molecule has 0 amide bonds. The SMILES string of the molecule is CCC(C)n1c(-c2ccc([N+](=O)[O-])cc2)ccc(C=O)c1=O. The average molecular weight is 300 g/mol. The largest absolute Gasteiger partial charge is 0.305 e. The van der Waals surface area contributed by atoms with Gasteiger partial charge in [0.1, 0.15) is 0 Å². The molecule has 0 fully saturated rings. The van der Waals surface area contributed by atoms with E-state index < -0.39 is 4.92 Å². The molecule has 0 bridgehead atoms. The van der Waals surface area contributed by atoms with Gasteiger partial charge in [-0.25, -0.2) is 0 Å². The van der Waals surface area contributed by atoms with E-state index in [1.54, 1.807) is 22.8 Å². The predicted octanol–water partition coefficient (Wildman–Crippen LogP) is 3.21. The number of carbonyl (C=O) groups excluding carboxylic acids is 1. The van der Waals surface area contributed by atoms with Crippen LogP contribution in [0.25, 0.3) is 11.3 Å². The lowest BCUT2D eigenvalue weighted by Crippen LogP contribution is -2.27. The van der Waals surface area contributed by atoms with Crippen molar-refractivity contribution in [2.24, 2.45) is 0 Å². The molecule has 0 spiro atoms. The van der Waals surface area contributed by atoms with Crippen LogP contribution in [0, 0.1) is 10.1 Å². The molecule has 114 valence electrons. The summed E-state index contributed by atoms with van der Waals surface area (Å²) in [6, 6.07) is 9.09. The fourth-order valence-corrected chi connectivity index (χ4v) is 2.27. The molecule has 2 aromatic rings. The van der Waals surface area contributed by atoms with Crippen molar-refractivity contribution in [2.75, 3.05) is 0 Å². The molecule has 2 rings (SSSR count). The van der Waals surface area contributed by atoms with E-state index in [1.165, 1.54) is 18.2 Å². The summed E-state index contributed by atoms with van der Waals surface area (Å²) in [6.07, 6.45) is 1.27. The monoisotopic (exact) mass is 300 g/mol. The Bertz CT molecular complexity index is 763. The van der Waals surface area contributed by atoms with Crippen molar-refractivity contribution in [1.82, 2.24) is 4.57 Å². The molecule has 0 saturated heterocycles. The third kappa shape index (κ3) is 2.81. The minimum absolute atomic E-state index is 0.00861. The number of hydrogen-bond acceptors (Lipinski definition) is 4. The van der Waals surface area contributed by atoms with Crippen LogP contribution in [0.2, 0.25) is 0 Å². The van der Waals surface area contributed by atoms with E-state index in [0.29, 0.717) is 17.5 Å². The molecule has 0 aliphatic heterocycles. The Kier molecular flexibility index (Phi) is 4.50. The van der Waals surface area contributed by atoms with E-state index in [0.717, 1.165) is 6.42 Å². The van der Waals surface area contributed by atoms with E-state index >= 15 is 0 Å². The van der Waals surface area contributed by atoms with Crippen molar-refractivity contribution in [3.05, 3.63) is 62.4 Å². The number of aldehydes is 1. The normalized spacial score (nSPS) is 11.9. The van der Waals surface area contributed by atoms with Gasteiger partial charge < -0.3 is 4.57 Å². The van der Waals surface area contributed by atoms with Crippen LogP contribution in [-0.4, -0.2) is 15.8 Å². The van der Waals surface area contributed by atoms with Crippen molar-refractivity contribution in [1.29, 1.82) is 0 Å². The van der Waals surface area contributed by atoms with Gasteiger partial charge in [0.05, 0.1) is 16.2 Å². The number of nitrogens with zero attached hydrogens (tertiary/aromatic N) is 2. The summed E-state index contributed by atoms with van der Waals surface area (Å²) in [5.41, 5.74) is 1.08. The molecule has 0 aliphatic rings. The van der Waals surface area contributed by atoms with E-state index in [4.69, 9.17) is 0 Å². The number of nitro benzene ring substituents is 1. The van der Waals surface area contributed by atoms with Gasteiger partial charge in [-0.3, -0.25) is 19.7 Å². The van der Waals surface area contributed by atoms with Crippen molar-refractivity contribution in [2.45, 2.75) is 26.3 Å². The van der Waals surface area contributed by atoms with E-state index in [1.807, 2.05) is 13.8 Å². The van der Waals surface area contributed by atoms with Crippen molar-refractivity contribution >= 4 is 12.0 Å². The van der Waals surface area contributed by atoms with Gasteiger partial charge >= 0.3 is 0 Å². The van der Waals surface area contributed by atoms with Gasteiger partial charge in [0.25, 0.3) is 11.2 Å². The molecule has 6 nitrogen and oxygen atoms in total. The second kappa shape index (κ2) is 6.34. The Hall–Kier alpha value is -2.76. The van der Waals surface area contributed by atoms with Crippen molar-refractivity contribution < 1.29 is 9.72 Å². The van der Waals surface area contributed by atoms with Crippen LogP contribution in [0.5, 0.6) is 0 Å². The molecule has 1 aromatic carbocycles. The summed E-state index contributed by atoms with van der Waals surface area (Å²) >= 11 is 0. The summed E-state index contributed by atoms with van der Waals surface area (Å²) in [5.74, 6) is 0. The van der Waals surface area contributed by atoms with Crippen LogP contribution in [0.15, 0.2) is 41.2 Å². The van der Waals surface area contributed by atoms with E-state index in [2.05, 4.69) is 0 Å². The smallest absolute Gasteiger partial charge is 0.269 e. The number of hydrogen-bond donors (Lipinski definition) is 0. The van der Waals surface area contributed by atoms with Gasteiger partial charge in [0.15, 0.2) is 6.29 Å². The number of carbonyl (C=O) groups is 1. The van der Waals surface area contributed by atoms with Crippen LogP contribution < -0.4 is 5.56 Å². The molecule has 0 saturated carbocycles. The maximum atomic E-state index is 12.4. The third-order valence-electron chi connectivity index (χ3n) is 3.68. The van der Waals surface area contributed by atoms with Gasteiger partial charge in [0.2, 0.25) is 0 Å². The van der Waals surface area contributed by atoms with Gasteiger partial charge in [-0.2, -0.15) is 0 Å². The molecular weight excluding hydrogens is 284 g/mol. The Balaban J connectivity index is 2.64. The zero-order chi connectivity index (χ0) is 16.3. The van der Waals surface area contributed by atoms with Crippen LogP contribution in [0.3, 0.4) is 0 Å². The molecular formula is C16H16N2O4. The molecule has 0 aliphatic carbocycles. The predicted molar refractivity (Wildman–Crippen MR) is 83.2 cm³/mol. The Morgan fingerprint density at radius 2 is 1.86 bits per heavy atom. The Labute approximate surface area is 127 Å². The summed E-state index contributed by atoms with van der Waals surface area (Å²) in [5, 5.41) is 10.7. The number of benzene rings is 1. The van der Waals surface area contributed by atoms with E-state index in [9.17, 15) is 19.7 Å². The number of pyridine rings is 1. The second-order valence-electron chi connectivity index (χ2n) is 5.03. The molecule has 1 unspecified atom stereocenters. The van der Waals surface area contributed by atoms with Crippen LogP contribution in [0.4, 0.5) is 5.69 Å². The first-order valence-electron chi connectivity index (χ1n) is 6.95. The van der Waals surface area contributed by atoms with Crippen LogP contribution in [-0.2, 0) is 0 Å². The lowest BCUT2D eigenvalue weighted by Gasteiger charge is -2.19. The highest BCUT2D eigenvalue weighted by molar-refractivity contribution is 5.75. The van der Waals surface area contributed by atoms with Crippen LogP contribution in [0.1, 0.15) is 36.7 Å². The first-order valence-corrected chi connectivity index (χ1v) is 6.95. The van der Waals surface area contributed by atoms with E-state index in [-0.39, 0.29) is 22.9 Å². The summed E-state index contributed by atoms with van der Waals surface area (Å²) in [7, 11) is 0. The Morgan fingerprint density at radius 1 is 1.23 bits per heavy atom. The third-order valence-corrected chi connectivity index (χ3v) is 3.68. The molecule has 1 heterocycles. The van der Waals surface area contributed by atoms with Gasteiger partial charge in [-0.05, 0) is 43.2 Å². The Morgan fingerprint density at radius 3 is 2.36 bits per heavy atom. The topological polar surface area (TPSA) is 82.2 Å². The first kappa shape index (κ1) is 15.6. The number of nitro groups is 1. The van der Waals surface area contributed by atoms with Crippen LogP contribution >= 0.6 is 0 Å². The summed E-state index contributed by atoms with van der Waals surface area (Å²) in [4.78, 5) is 33.6. The minimum Gasteiger partial charge on any atom is -0.305 e. The molecule has 0 N–H and O–H groups in total. The highest BCUT2D eigenvalue weighted by Crippen LogP contribution is 2.24. The van der Waals surface area contributed by atoms with Crippen molar-refractivity contribution in [3.63, 3.8) is 0 Å². The quantitative estimate of drug-likeness (QED) is 0.482. The number of aromatic nitrogens is 1. The molecule has 0 radical (unpaired) electrons.